The highest BCUT2D eigenvalue weighted by molar-refractivity contribution is 6.01. The number of benzene rings is 1. The molecule has 0 bridgehead atoms. The van der Waals surface area contributed by atoms with Crippen LogP contribution in [0, 0.1) is 22.7 Å². The van der Waals surface area contributed by atoms with Crippen LogP contribution in [0.2, 0.25) is 0 Å². The highest BCUT2D eigenvalue weighted by Crippen LogP contribution is 2.11. The van der Waals surface area contributed by atoms with Gasteiger partial charge in [-0.2, -0.15) is 10.5 Å². The molecular formula is C14H12N2O2. The second-order valence-electron chi connectivity index (χ2n) is 3.74. The van der Waals surface area contributed by atoms with Crippen molar-refractivity contribution >= 4 is 11.6 Å². The zero-order chi connectivity index (χ0) is 13.4. The van der Waals surface area contributed by atoms with Gasteiger partial charge in [-0.05, 0) is 6.07 Å². The Morgan fingerprint density at radius 2 is 1.39 bits per heavy atom. The minimum Gasteiger partial charge on any atom is -0.294 e. The van der Waals surface area contributed by atoms with Crippen molar-refractivity contribution < 1.29 is 9.59 Å². The van der Waals surface area contributed by atoms with Crippen LogP contribution in [0.4, 0.5) is 0 Å². The molecule has 0 aromatic heterocycles. The molecular weight excluding hydrogens is 228 g/mol. The molecule has 1 aromatic carbocycles. The van der Waals surface area contributed by atoms with Gasteiger partial charge in [-0.15, -0.1) is 0 Å². The van der Waals surface area contributed by atoms with E-state index < -0.39 is 0 Å². The third-order valence-electron chi connectivity index (χ3n) is 2.43. The van der Waals surface area contributed by atoms with Gasteiger partial charge in [0, 0.05) is 36.8 Å². The van der Waals surface area contributed by atoms with Crippen LogP contribution in [-0.4, -0.2) is 11.6 Å². The Kier molecular flexibility index (Phi) is 5.28. The Morgan fingerprint density at radius 1 is 0.944 bits per heavy atom. The Hall–Kier alpha value is -2.46. The minimum atomic E-state index is -0.147. The average molecular weight is 240 g/mol. The number of nitriles is 2. The van der Waals surface area contributed by atoms with E-state index in [0.717, 1.165) is 0 Å². The van der Waals surface area contributed by atoms with Crippen molar-refractivity contribution in [1.29, 1.82) is 10.5 Å². The first-order valence-corrected chi connectivity index (χ1v) is 5.59. The second-order valence-corrected chi connectivity index (χ2v) is 3.74. The summed E-state index contributed by atoms with van der Waals surface area (Å²) in [4.78, 5) is 23.4. The summed E-state index contributed by atoms with van der Waals surface area (Å²) in [5, 5.41) is 16.8. The smallest absolute Gasteiger partial charge is 0.163 e. The number of Topliss-reactive ketones (excluding diaryl/α,β-unsaturated/α-hetero) is 2. The molecule has 0 fully saturated rings. The van der Waals surface area contributed by atoms with Crippen molar-refractivity contribution in [3.63, 3.8) is 0 Å². The van der Waals surface area contributed by atoms with E-state index >= 15 is 0 Å². The Balaban J connectivity index is 2.80. The largest absolute Gasteiger partial charge is 0.294 e. The molecule has 0 aliphatic rings. The lowest BCUT2D eigenvalue weighted by Crippen LogP contribution is -2.03. The van der Waals surface area contributed by atoms with Crippen molar-refractivity contribution in [2.24, 2.45) is 0 Å². The fraction of sp³-hybridized carbons (Fsp3) is 0.286. The summed E-state index contributed by atoms with van der Waals surface area (Å²) < 4.78 is 0. The summed E-state index contributed by atoms with van der Waals surface area (Å²) in [6.45, 7) is 0. The Morgan fingerprint density at radius 3 is 1.78 bits per heavy atom. The number of ketones is 2. The molecule has 0 saturated heterocycles. The number of hydrogen-bond donors (Lipinski definition) is 0. The molecule has 0 spiro atoms. The summed E-state index contributed by atoms with van der Waals surface area (Å²) in [5.74, 6) is -0.294. The van der Waals surface area contributed by atoms with Gasteiger partial charge in [0.2, 0.25) is 0 Å². The number of rotatable bonds is 6. The third-order valence-corrected chi connectivity index (χ3v) is 2.43. The maximum absolute atomic E-state index is 11.7. The Labute approximate surface area is 105 Å². The first-order valence-electron chi connectivity index (χ1n) is 5.59. The first-order chi connectivity index (χ1) is 8.69. The van der Waals surface area contributed by atoms with Gasteiger partial charge in [0.25, 0.3) is 0 Å². The molecule has 0 heterocycles. The van der Waals surface area contributed by atoms with Crippen molar-refractivity contribution in [3.8, 4) is 12.1 Å². The molecule has 4 nitrogen and oxygen atoms in total. The van der Waals surface area contributed by atoms with E-state index in [1.165, 1.54) is 6.07 Å². The molecule has 0 radical (unpaired) electrons. The molecule has 0 aliphatic heterocycles. The average Bonchev–Trinajstić information content (AvgIpc) is 2.42. The predicted molar refractivity (Wildman–Crippen MR) is 64.8 cm³/mol. The zero-order valence-electron chi connectivity index (χ0n) is 9.85. The molecule has 1 aromatic rings. The predicted octanol–water partition coefficient (Wildman–Crippen LogP) is 2.66. The molecule has 1 rings (SSSR count). The van der Waals surface area contributed by atoms with Gasteiger partial charge in [-0.3, -0.25) is 9.59 Å². The van der Waals surface area contributed by atoms with E-state index in [2.05, 4.69) is 0 Å². The lowest BCUT2D eigenvalue weighted by atomic mass is 10.0. The zero-order valence-corrected chi connectivity index (χ0v) is 9.85. The normalized spacial score (nSPS) is 9.22. The molecule has 90 valence electrons. The van der Waals surface area contributed by atoms with E-state index in [9.17, 15) is 9.59 Å². The van der Waals surface area contributed by atoms with Crippen molar-refractivity contribution in [3.05, 3.63) is 35.4 Å². The maximum atomic E-state index is 11.7. The van der Waals surface area contributed by atoms with Crippen LogP contribution in [0.25, 0.3) is 0 Å². The quantitative estimate of drug-likeness (QED) is 0.716. The molecule has 0 saturated carbocycles. The van der Waals surface area contributed by atoms with Crippen LogP contribution in [0.5, 0.6) is 0 Å². The van der Waals surface area contributed by atoms with Crippen LogP contribution in [0.1, 0.15) is 46.4 Å². The van der Waals surface area contributed by atoms with Crippen LogP contribution in [0.15, 0.2) is 24.3 Å². The van der Waals surface area contributed by atoms with Gasteiger partial charge in [-0.25, -0.2) is 0 Å². The fourth-order valence-corrected chi connectivity index (χ4v) is 1.49. The van der Waals surface area contributed by atoms with Gasteiger partial charge in [0.15, 0.2) is 11.6 Å². The second kappa shape index (κ2) is 6.98. The summed E-state index contributed by atoms with van der Waals surface area (Å²) in [6, 6.07) is 10.2. The lowest BCUT2D eigenvalue weighted by Gasteiger charge is -2.02. The van der Waals surface area contributed by atoms with Crippen molar-refractivity contribution in [2.45, 2.75) is 25.7 Å². The molecule has 4 heteroatoms. The maximum Gasteiger partial charge on any atom is 0.163 e. The first kappa shape index (κ1) is 13.6. The van der Waals surface area contributed by atoms with Gasteiger partial charge >= 0.3 is 0 Å². The number of carbonyl (C=O) groups is 2. The van der Waals surface area contributed by atoms with E-state index in [0.29, 0.717) is 11.1 Å². The highest BCUT2D eigenvalue weighted by atomic mass is 16.1. The van der Waals surface area contributed by atoms with Gasteiger partial charge in [0.1, 0.15) is 0 Å². The standard InChI is InChI=1S/C14H12N2O2/c15-8-2-6-13(17)11-4-1-5-12(10-11)14(18)7-3-9-16/h1,4-5,10H,2-3,6-7H2. The molecule has 0 atom stereocenters. The lowest BCUT2D eigenvalue weighted by molar-refractivity contribution is 0.0983. The molecule has 0 amide bonds. The SMILES string of the molecule is N#CCCC(=O)c1cccc(C(=O)CCC#N)c1. The van der Waals surface area contributed by atoms with Crippen LogP contribution in [0.3, 0.4) is 0 Å². The van der Waals surface area contributed by atoms with E-state index in [1.54, 1.807) is 18.2 Å². The highest BCUT2D eigenvalue weighted by Gasteiger charge is 2.10. The fourth-order valence-electron chi connectivity index (χ4n) is 1.49. The summed E-state index contributed by atoms with van der Waals surface area (Å²) in [7, 11) is 0. The van der Waals surface area contributed by atoms with E-state index in [4.69, 9.17) is 10.5 Å². The van der Waals surface area contributed by atoms with Gasteiger partial charge in [-0.1, -0.05) is 18.2 Å². The molecule has 0 unspecified atom stereocenters. The molecule has 0 aliphatic carbocycles. The van der Waals surface area contributed by atoms with Gasteiger partial charge in [0.05, 0.1) is 12.1 Å². The molecule has 0 N–H and O–H groups in total. The molecule has 18 heavy (non-hydrogen) atoms. The minimum absolute atomic E-state index is 0.147. The summed E-state index contributed by atoms with van der Waals surface area (Å²) in [5.41, 5.74) is 0.876. The van der Waals surface area contributed by atoms with E-state index in [-0.39, 0.29) is 37.2 Å². The third kappa shape index (κ3) is 3.84. The van der Waals surface area contributed by atoms with Crippen LogP contribution >= 0.6 is 0 Å². The van der Waals surface area contributed by atoms with Crippen LogP contribution in [-0.2, 0) is 0 Å². The monoisotopic (exact) mass is 240 g/mol. The van der Waals surface area contributed by atoms with Crippen LogP contribution < -0.4 is 0 Å². The number of nitrogens with zero attached hydrogens (tertiary/aromatic N) is 2. The number of hydrogen-bond acceptors (Lipinski definition) is 4. The van der Waals surface area contributed by atoms with E-state index in [1.807, 2.05) is 12.1 Å². The topological polar surface area (TPSA) is 81.7 Å². The van der Waals surface area contributed by atoms with Crippen molar-refractivity contribution in [1.82, 2.24) is 0 Å². The van der Waals surface area contributed by atoms with Crippen molar-refractivity contribution in [2.75, 3.05) is 0 Å². The summed E-state index contributed by atoms with van der Waals surface area (Å²) >= 11 is 0. The Bertz CT molecular complexity index is 490. The summed E-state index contributed by atoms with van der Waals surface area (Å²) in [6.07, 6.45) is 0.662. The number of carbonyl (C=O) groups excluding carboxylic acids is 2. The van der Waals surface area contributed by atoms with Gasteiger partial charge < -0.3 is 0 Å².